The highest BCUT2D eigenvalue weighted by Gasteiger charge is 2.26. The molecule has 160 valence electrons. The molecule has 28 heavy (non-hydrogen) atoms. The predicted octanol–water partition coefficient (Wildman–Crippen LogP) is 1.17. The van der Waals surface area contributed by atoms with Crippen molar-refractivity contribution in [3.63, 3.8) is 0 Å². The summed E-state index contributed by atoms with van der Waals surface area (Å²) in [6.45, 7) is 4.91. The summed E-state index contributed by atoms with van der Waals surface area (Å²) in [4.78, 5) is 46.3. The van der Waals surface area contributed by atoms with Gasteiger partial charge in [-0.2, -0.15) is 0 Å². The van der Waals surface area contributed by atoms with Gasteiger partial charge in [-0.15, -0.1) is 0 Å². The number of hydrogen-bond acceptors (Lipinski definition) is 8. The molecular formula is C18H28O10. The molecule has 0 bridgehead atoms. The maximum atomic E-state index is 11.8. The standard InChI is InChI=1S/C18H28O10/c1-3-5-25-7-9-27-15(19)11-13(17(21)22)14(18(23)24)12-16(20)28-10-8-26-6-4-2/h3-12H2,1-2H3,(H,21,22)(H,23,24)/b14-13+. The molecule has 0 aromatic carbocycles. The van der Waals surface area contributed by atoms with E-state index in [1.807, 2.05) is 13.8 Å². The molecule has 0 saturated carbocycles. The van der Waals surface area contributed by atoms with Gasteiger partial charge in [-0.3, -0.25) is 9.59 Å². The highest BCUT2D eigenvalue weighted by molar-refractivity contribution is 6.04. The van der Waals surface area contributed by atoms with Gasteiger partial charge in [-0.05, 0) is 12.8 Å². The van der Waals surface area contributed by atoms with Crippen LogP contribution < -0.4 is 0 Å². The summed E-state index contributed by atoms with van der Waals surface area (Å²) >= 11 is 0. The minimum Gasteiger partial charge on any atom is -0.478 e. The molecule has 0 heterocycles. The van der Waals surface area contributed by atoms with Crippen molar-refractivity contribution in [3.8, 4) is 0 Å². The van der Waals surface area contributed by atoms with E-state index >= 15 is 0 Å². The van der Waals surface area contributed by atoms with Crippen LogP contribution in [0.3, 0.4) is 0 Å². The van der Waals surface area contributed by atoms with Gasteiger partial charge in [0.2, 0.25) is 0 Å². The SMILES string of the molecule is CCCOCCOC(=O)C/C(C(=O)O)=C(/CC(=O)OCCOCCC)C(=O)O. The molecule has 0 radical (unpaired) electrons. The van der Waals surface area contributed by atoms with Gasteiger partial charge in [0.15, 0.2) is 0 Å². The van der Waals surface area contributed by atoms with E-state index < -0.39 is 47.9 Å². The summed E-state index contributed by atoms with van der Waals surface area (Å²) in [7, 11) is 0. The van der Waals surface area contributed by atoms with Gasteiger partial charge in [-0.25, -0.2) is 9.59 Å². The minimum atomic E-state index is -1.63. The van der Waals surface area contributed by atoms with Crippen LogP contribution in [0.25, 0.3) is 0 Å². The van der Waals surface area contributed by atoms with Crippen LogP contribution in [0.15, 0.2) is 11.1 Å². The summed E-state index contributed by atoms with van der Waals surface area (Å²) in [5.74, 6) is -5.12. The van der Waals surface area contributed by atoms with Crippen LogP contribution in [-0.4, -0.2) is 73.7 Å². The maximum absolute atomic E-state index is 11.8. The third kappa shape index (κ3) is 12.0. The first-order valence-electron chi connectivity index (χ1n) is 8.98. The zero-order valence-electron chi connectivity index (χ0n) is 16.2. The van der Waals surface area contributed by atoms with E-state index in [0.29, 0.717) is 13.2 Å². The Balaban J connectivity index is 4.82. The van der Waals surface area contributed by atoms with Gasteiger partial charge in [0.25, 0.3) is 0 Å². The minimum absolute atomic E-state index is 0.0893. The molecule has 0 unspecified atom stereocenters. The van der Waals surface area contributed by atoms with E-state index in [-0.39, 0.29) is 26.4 Å². The van der Waals surface area contributed by atoms with Gasteiger partial charge in [0, 0.05) is 13.2 Å². The molecule has 0 atom stereocenters. The van der Waals surface area contributed by atoms with E-state index in [9.17, 15) is 29.4 Å². The molecule has 10 nitrogen and oxygen atoms in total. The van der Waals surface area contributed by atoms with Crippen molar-refractivity contribution in [2.45, 2.75) is 39.5 Å². The second kappa shape index (κ2) is 15.6. The summed E-state index contributed by atoms with van der Waals surface area (Å²) in [5, 5.41) is 18.5. The monoisotopic (exact) mass is 404 g/mol. The first-order valence-corrected chi connectivity index (χ1v) is 8.98. The van der Waals surface area contributed by atoms with Crippen molar-refractivity contribution in [2.24, 2.45) is 0 Å². The second-order valence-corrected chi connectivity index (χ2v) is 5.59. The molecule has 0 aliphatic heterocycles. The van der Waals surface area contributed by atoms with Crippen LogP contribution in [-0.2, 0) is 38.1 Å². The van der Waals surface area contributed by atoms with E-state index in [2.05, 4.69) is 0 Å². The van der Waals surface area contributed by atoms with E-state index in [4.69, 9.17) is 18.9 Å². The van der Waals surface area contributed by atoms with Crippen LogP contribution in [0, 0.1) is 0 Å². The molecule has 10 heteroatoms. The number of aliphatic carboxylic acids is 2. The summed E-state index contributed by atoms with van der Waals surface area (Å²) in [6.07, 6.45) is 0.000560. The molecule has 0 rings (SSSR count). The molecule has 0 fully saturated rings. The molecule has 0 spiro atoms. The first kappa shape index (κ1) is 25.5. The van der Waals surface area contributed by atoms with Gasteiger partial charge in [0.1, 0.15) is 13.2 Å². The van der Waals surface area contributed by atoms with E-state index in [1.54, 1.807) is 0 Å². The maximum Gasteiger partial charge on any atom is 0.332 e. The summed E-state index contributed by atoms with van der Waals surface area (Å²) < 4.78 is 19.9. The van der Waals surface area contributed by atoms with Crippen LogP contribution in [0.2, 0.25) is 0 Å². The molecule has 2 N–H and O–H groups in total. The van der Waals surface area contributed by atoms with E-state index in [0.717, 1.165) is 12.8 Å². The normalized spacial score (nSPS) is 11.5. The Bertz CT molecular complexity index is 505. The van der Waals surface area contributed by atoms with Crippen molar-refractivity contribution >= 4 is 23.9 Å². The number of rotatable bonds is 16. The van der Waals surface area contributed by atoms with Gasteiger partial charge < -0.3 is 29.2 Å². The fraction of sp³-hybridized carbons (Fsp3) is 0.667. The first-order chi connectivity index (χ1) is 13.3. The second-order valence-electron chi connectivity index (χ2n) is 5.59. The Morgan fingerprint density at radius 3 is 1.25 bits per heavy atom. The highest BCUT2D eigenvalue weighted by Crippen LogP contribution is 2.16. The smallest absolute Gasteiger partial charge is 0.332 e. The molecule has 0 aliphatic rings. The quantitative estimate of drug-likeness (QED) is 0.218. The Hall–Kier alpha value is -2.46. The lowest BCUT2D eigenvalue weighted by Gasteiger charge is -2.10. The van der Waals surface area contributed by atoms with Crippen LogP contribution in [0.1, 0.15) is 39.5 Å². The number of carboxylic acids is 2. The Morgan fingerprint density at radius 2 is 0.964 bits per heavy atom. The van der Waals surface area contributed by atoms with Crippen LogP contribution in [0.4, 0.5) is 0 Å². The Labute approximate surface area is 163 Å². The fourth-order valence-electron chi connectivity index (χ4n) is 1.94. The van der Waals surface area contributed by atoms with Crippen LogP contribution in [0.5, 0.6) is 0 Å². The largest absolute Gasteiger partial charge is 0.478 e. The summed E-state index contributed by atoms with van der Waals surface area (Å²) in [6, 6.07) is 0. The molecule has 0 aromatic rings. The average molecular weight is 404 g/mol. The highest BCUT2D eigenvalue weighted by atomic mass is 16.6. The Morgan fingerprint density at radius 1 is 0.607 bits per heavy atom. The molecule has 0 amide bonds. The van der Waals surface area contributed by atoms with Crippen molar-refractivity contribution < 1.29 is 48.3 Å². The van der Waals surface area contributed by atoms with Crippen molar-refractivity contribution in [1.29, 1.82) is 0 Å². The van der Waals surface area contributed by atoms with Gasteiger partial charge in [-0.1, -0.05) is 13.8 Å². The number of carbonyl (C=O) groups is 4. The lowest BCUT2D eigenvalue weighted by atomic mass is 10.0. The zero-order valence-corrected chi connectivity index (χ0v) is 16.2. The zero-order chi connectivity index (χ0) is 21.4. The third-order valence-corrected chi connectivity index (χ3v) is 3.20. The molecule has 0 saturated heterocycles. The van der Waals surface area contributed by atoms with Gasteiger partial charge >= 0.3 is 23.9 Å². The number of ether oxygens (including phenoxy) is 4. The summed E-state index contributed by atoms with van der Waals surface area (Å²) in [5.41, 5.74) is -1.46. The van der Waals surface area contributed by atoms with E-state index in [1.165, 1.54) is 0 Å². The lowest BCUT2D eigenvalue weighted by molar-refractivity contribution is -0.147. The molecule has 0 aromatic heterocycles. The predicted molar refractivity (Wildman–Crippen MR) is 95.7 cm³/mol. The average Bonchev–Trinajstić information content (AvgIpc) is 2.63. The number of hydrogen-bond donors (Lipinski definition) is 2. The molecule has 0 aliphatic carbocycles. The number of carbonyl (C=O) groups excluding carboxylic acids is 2. The van der Waals surface area contributed by atoms with Gasteiger partial charge in [0.05, 0.1) is 37.2 Å². The van der Waals surface area contributed by atoms with Crippen LogP contribution >= 0.6 is 0 Å². The third-order valence-electron chi connectivity index (χ3n) is 3.20. The Kier molecular flexibility index (Phi) is 14.2. The van der Waals surface area contributed by atoms with Crippen molar-refractivity contribution in [1.82, 2.24) is 0 Å². The number of carboxylic acid groups (broad SMARTS) is 2. The number of esters is 2. The molecular weight excluding hydrogens is 376 g/mol. The van der Waals surface area contributed by atoms with Crippen molar-refractivity contribution in [2.75, 3.05) is 39.6 Å². The topological polar surface area (TPSA) is 146 Å². The fourth-order valence-corrected chi connectivity index (χ4v) is 1.94. The lowest BCUT2D eigenvalue weighted by Crippen LogP contribution is -2.20. The van der Waals surface area contributed by atoms with Crippen molar-refractivity contribution in [3.05, 3.63) is 11.1 Å².